The Hall–Kier alpha value is -7.82. The third-order valence-electron chi connectivity index (χ3n) is 12.6. The summed E-state index contributed by atoms with van der Waals surface area (Å²) in [7, 11) is 0. The maximum atomic E-state index is 6.62. The van der Waals surface area contributed by atoms with Crippen LogP contribution in [0, 0.1) is 0 Å². The van der Waals surface area contributed by atoms with Crippen LogP contribution in [-0.4, -0.2) is 9.13 Å². The topological polar surface area (TPSA) is 47.9 Å². The fourth-order valence-corrected chi connectivity index (χ4v) is 9.80. The lowest BCUT2D eigenvalue weighted by Gasteiger charge is -2.24. The number of nitrogens with two attached hydrogens (primary N) is 1. The highest BCUT2D eigenvalue weighted by Gasteiger charge is 2.22. The molecule has 0 radical (unpaired) electrons. The second kappa shape index (κ2) is 13.6. The highest BCUT2D eigenvalue weighted by molar-refractivity contribution is 6.22. The molecule has 0 bridgehead atoms. The predicted molar refractivity (Wildman–Crippen MR) is 255 cm³/mol. The quantitative estimate of drug-likeness (QED) is 0.159. The lowest BCUT2D eigenvalue weighted by Crippen LogP contribution is -2.18. The van der Waals surface area contributed by atoms with Crippen LogP contribution < -0.4 is 11.1 Å². The van der Waals surface area contributed by atoms with Gasteiger partial charge in [0, 0.05) is 50.2 Å². The van der Waals surface area contributed by atoms with Gasteiger partial charge >= 0.3 is 0 Å². The van der Waals surface area contributed by atoms with E-state index >= 15 is 0 Å². The molecule has 10 aromatic carbocycles. The van der Waals surface area contributed by atoms with Crippen LogP contribution in [0.1, 0.15) is 11.6 Å². The molecule has 1 atom stereocenters. The van der Waals surface area contributed by atoms with Crippen molar-refractivity contribution in [3.8, 4) is 16.8 Å². The normalized spacial score (nSPS) is 12.4. The standard InChI is InChI=1S/C56H40N4/c57-49-21-8-9-22-50(49)58-51(40-26-24-39(25-27-40)43-20-11-15-36-12-1-4-16-42(36)43)35-59-52-33-30-41(34-48(52)55-44-17-5-2-13-37(44)29-32-54(55)59)60-53-23-10-7-19-46(53)47-31-28-38-14-3-6-18-45(38)56(47)60/h1-34,51,58H,35,57H2. The van der Waals surface area contributed by atoms with Gasteiger partial charge in [-0.1, -0.05) is 164 Å². The summed E-state index contributed by atoms with van der Waals surface area (Å²) >= 11 is 0. The Balaban J connectivity index is 1.06. The van der Waals surface area contributed by atoms with Crippen molar-refractivity contribution in [3.63, 3.8) is 0 Å². The fourth-order valence-electron chi connectivity index (χ4n) is 9.80. The zero-order chi connectivity index (χ0) is 39.7. The number of fused-ring (bicyclic) bond motifs is 11. The average Bonchev–Trinajstić information content (AvgIpc) is 3.82. The molecular weight excluding hydrogens is 729 g/mol. The molecule has 0 aliphatic carbocycles. The van der Waals surface area contributed by atoms with Gasteiger partial charge in [0.1, 0.15) is 0 Å². The number of benzene rings is 10. The first kappa shape index (κ1) is 34.2. The van der Waals surface area contributed by atoms with Crippen molar-refractivity contribution in [1.29, 1.82) is 0 Å². The number of nitrogens with one attached hydrogen (secondary N) is 1. The molecule has 0 spiro atoms. The number of hydrogen-bond donors (Lipinski definition) is 2. The summed E-state index contributed by atoms with van der Waals surface area (Å²) in [6.45, 7) is 0.680. The van der Waals surface area contributed by atoms with Crippen LogP contribution >= 0.6 is 0 Å². The Kier molecular flexibility index (Phi) is 7.79. The zero-order valence-corrected chi connectivity index (χ0v) is 32.9. The van der Waals surface area contributed by atoms with Gasteiger partial charge in [-0.15, -0.1) is 0 Å². The fraction of sp³-hybridized carbons (Fsp3) is 0.0357. The molecule has 0 amide bonds. The van der Waals surface area contributed by atoms with Crippen molar-refractivity contribution in [2.45, 2.75) is 12.6 Å². The number of anilines is 2. The molecule has 12 aromatic rings. The van der Waals surface area contributed by atoms with Crippen molar-refractivity contribution < 1.29 is 0 Å². The first-order valence-corrected chi connectivity index (χ1v) is 20.7. The molecule has 0 saturated heterocycles. The average molecular weight is 769 g/mol. The van der Waals surface area contributed by atoms with Gasteiger partial charge in [-0.3, -0.25) is 0 Å². The van der Waals surface area contributed by atoms with Crippen LogP contribution in [0.5, 0.6) is 0 Å². The van der Waals surface area contributed by atoms with E-state index in [1.54, 1.807) is 0 Å². The van der Waals surface area contributed by atoms with Crippen LogP contribution in [0.25, 0.3) is 92.7 Å². The minimum absolute atomic E-state index is 0.0927. The van der Waals surface area contributed by atoms with Crippen LogP contribution in [-0.2, 0) is 6.54 Å². The number of nitrogens with zero attached hydrogens (tertiary/aromatic N) is 2. The van der Waals surface area contributed by atoms with Gasteiger partial charge in [0.05, 0.1) is 28.5 Å². The molecule has 2 heterocycles. The van der Waals surface area contributed by atoms with E-state index in [9.17, 15) is 0 Å². The van der Waals surface area contributed by atoms with E-state index < -0.39 is 0 Å². The summed E-state index contributed by atoms with van der Waals surface area (Å²) in [4.78, 5) is 0. The molecule has 0 fully saturated rings. The molecule has 12 rings (SSSR count). The Bertz CT molecular complexity index is 3620. The third kappa shape index (κ3) is 5.38. The van der Waals surface area contributed by atoms with Crippen molar-refractivity contribution in [2.75, 3.05) is 11.1 Å². The van der Waals surface area contributed by atoms with E-state index in [2.05, 4.69) is 203 Å². The van der Waals surface area contributed by atoms with E-state index in [-0.39, 0.29) is 6.04 Å². The molecule has 60 heavy (non-hydrogen) atoms. The van der Waals surface area contributed by atoms with Gasteiger partial charge in [0.15, 0.2) is 0 Å². The summed E-state index contributed by atoms with van der Waals surface area (Å²) in [5.41, 5.74) is 17.9. The molecule has 0 aliphatic rings. The SMILES string of the molecule is Nc1ccccc1NC(Cn1c2ccc(-n3c4ccccc4c4ccc5ccccc5c43)cc2c2c3ccccc3ccc21)c1ccc(-c2cccc3ccccc23)cc1. The molecule has 0 saturated carbocycles. The van der Waals surface area contributed by atoms with E-state index in [4.69, 9.17) is 5.73 Å². The summed E-state index contributed by atoms with van der Waals surface area (Å²) in [6, 6.07) is 74.8. The highest BCUT2D eigenvalue weighted by atomic mass is 15.1. The Labute approximate surface area is 347 Å². The maximum absolute atomic E-state index is 6.62. The van der Waals surface area contributed by atoms with Crippen molar-refractivity contribution >= 4 is 87.3 Å². The third-order valence-corrected chi connectivity index (χ3v) is 12.6. The zero-order valence-electron chi connectivity index (χ0n) is 32.9. The molecule has 0 aliphatic heterocycles. The smallest absolute Gasteiger partial charge is 0.0694 e. The minimum atomic E-state index is -0.0927. The monoisotopic (exact) mass is 768 g/mol. The van der Waals surface area contributed by atoms with Crippen LogP contribution in [0.4, 0.5) is 11.4 Å². The van der Waals surface area contributed by atoms with Crippen molar-refractivity contribution in [2.24, 2.45) is 0 Å². The summed E-state index contributed by atoms with van der Waals surface area (Å²) < 4.78 is 4.98. The molecule has 284 valence electrons. The Morgan fingerprint density at radius 2 is 1.08 bits per heavy atom. The summed E-state index contributed by atoms with van der Waals surface area (Å²) in [6.07, 6.45) is 0. The van der Waals surface area contributed by atoms with Crippen molar-refractivity contribution in [3.05, 3.63) is 212 Å². The Morgan fingerprint density at radius 3 is 1.90 bits per heavy atom. The number of para-hydroxylation sites is 3. The van der Waals surface area contributed by atoms with E-state index in [0.29, 0.717) is 6.54 Å². The first-order valence-electron chi connectivity index (χ1n) is 20.7. The van der Waals surface area contributed by atoms with Gasteiger partial charge in [-0.05, 0) is 86.1 Å². The molecular formula is C56H40N4. The Morgan fingerprint density at radius 1 is 0.450 bits per heavy atom. The number of aromatic nitrogens is 2. The molecule has 3 N–H and O–H groups in total. The van der Waals surface area contributed by atoms with Gasteiger partial charge < -0.3 is 20.2 Å². The van der Waals surface area contributed by atoms with Crippen LogP contribution in [0.15, 0.2) is 206 Å². The van der Waals surface area contributed by atoms with Crippen LogP contribution in [0.2, 0.25) is 0 Å². The minimum Gasteiger partial charge on any atom is -0.397 e. The number of nitrogen functional groups attached to an aromatic ring is 1. The molecule has 1 unspecified atom stereocenters. The lowest BCUT2D eigenvalue weighted by atomic mass is 9.96. The second-order valence-electron chi connectivity index (χ2n) is 16.0. The van der Waals surface area contributed by atoms with Crippen LogP contribution in [0.3, 0.4) is 0 Å². The summed E-state index contributed by atoms with van der Waals surface area (Å²) in [5, 5.41) is 16.4. The predicted octanol–water partition coefficient (Wildman–Crippen LogP) is 14.5. The second-order valence-corrected chi connectivity index (χ2v) is 16.0. The first-order chi connectivity index (χ1) is 29.7. The molecule has 4 heteroatoms. The van der Waals surface area contributed by atoms with Crippen molar-refractivity contribution in [1.82, 2.24) is 9.13 Å². The molecule has 2 aromatic heterocycles. The summed E-state index contributed by atoms with van der Waals surface area (Å²) in [5.74, 6) is 0. The van der Waals surface area contributed by atoms with Gasteiger partial charge in [-0.2, -0.15) is 0 Å². The molecule has 4 nitrogen and oxygen atoms in total. The van der Waals surface area contributed by atoms with Gasteiger partial charge in [-0.25, -0.2) is 0 Å². The van der Waals surface area contributed by atoms with E-state index in [1.807, 2.05) is 18.2 Å². The van der Waals surface area contributed by atoms with E-state index in [0.717, 1.165) is 17.1 Å². The highest BCUT2D eigenvalue weighted by Crippen LogP contribution is 2.41. The largest absolute Gasteiger partial charge is 0.397 e. The maximum Gasteiger partial charge on any atom is 0.0694 e. The van der Waals surface area contributed by atoms with E-state index in [1.165, 1.54) is 92.6 Å². The lowest BCUT2D eigenvalue weighted by molar-refractivity contribution is 0.640. The van der Waals surface area contributed by atoms with Gasteiger partial charge in [0.2, 0.25) is 0 Å². The number of rotatable bonds is 7. The number of hydrogen-bond acceptors (Lipinski definition) is 2. The van der Waals surface area contributed by atoms with Gasteiger partial charge in [0.25, 0.3) is 0 Å².